The van der Waals surface area contributed by atoms with E-state index < -0.39 is 34.2 Å². The second-order valence-electron chi connectivity index (χ2n) is 10.3. The maximum atomic E-state index is 14.4. The van der Waals surface area contributed by atoms with Gasteiger partial charge in [-0.3, -0.25) is 28.7 Å². The zero-order valence-corrected chi connectivity index (χ0v) is 23.7. The van der Waals surface area contributed by atoms with Crippen LogP contribution in [0.1, 0.15) is 55.7 Å². The van der Waals surface area contributed by atoms with Gasteiger partial charge in [0.05, 0.1) is 6.04 Å². The number of amides is 2. The summed E-state index contributed by atoms with van der Waals surface area (Å²) in [4.78, 5) is 71.1. The molecule has 0 bridgehead atoms. The first-order valence-electron chi connectivity index (χ1n) is 13.8. The molecule has 0 unspecified atom stereocenters. The van der Waals surface area contributed by atoms with E-state index in [1.165, 1.54) is 31.3 Å². The summed E-state index contributed by atoms with van der Waals surface area (Å²) in [6.45, 7) is -0.0186. The van der Waals surface area contributed by atoms with Crippen LogP contribution in [0.2, 0.25) is 0 Å². The van der Waals surface area contributed by atoms with E-state index in [-0.39, 0.29) is 47.5 Å². The number of fused-ring (bicyclic) bond motifs is 1. The Morgan fingerprint density at radius 3 is 2.51 bits per heavy atom. The lowest BCUT2D eigenvalue weighted by molar-refractivity contribution is 0.0931. The van der Waals surface area contributed by atoms with E-state index in [9.17, 15) is 28.4 Å². The summed E-state index contributed by atoms with van der Waals surface area (Å²) in [5, 5.41) is 14.8. The molecule has 14 nitrogen and oxygen atoms in total. The van der Waals surface area contributed by atoms with Gasteiger partial charge in [-0.1, -0.05) is 23.4 Å². The smallest absolute Gasteiger partial charge is 0.383 e. The molecule has 15 heteroatoms. The Bertz CT molecular complexity index is 2080. The van der Waals surface area contributed by atoms with Gasteiger partial charge in [-0.2, -0.15) is 0 Å². The Labute approximate surface area is 252 Å². The first kappa shape index (κ1) is 29.1. The van der Waals surface area contributed by atoms with Gasteiger partial charge < -0.3 is 21.3 Å². The van der Waals surface area contributed by atoms with Gasteiger partial charge in [0.2, 0.25) is 0 Å². The molecule has 1 aliphatic rings. The molecular weight excluding hydrogens is 587 g/mol. The topological polar surface area (TPSA) is 201 Å². The average molecular weight is 613 g/mol. The van der Waals surface area contributed by atoms with Crippen molar-refractivity contribution in [2.24, 2.45) is 0 Å². The first-order chi connectivity index (χ1) is 21.7. The van der Waals surface area contributed by atoms with Crippen LogP contribution in [0.15, 0.2) is 67.7 Å². The average Bonchev–Trinajstić information content (AvgIpc) is 3.67. The van der Waals surface area contributed by atoms with Crippen LogP contribution in [-0.2, 0) is 19.5 Å². The third-order valence-electron chi connectivity index (χ3n) is 7.55. The fourth-order valence-corrected chi connectivity index (χ4v) is 5.24. The van der Waals surface area contributed by atoms with Crippen molar-refractivity contribution in [1.29, 1.82) is 0 Å². The van der Waals surface area contributed by atoms with Gasteiger partial charge in [-0.15, -0.1) is 0 Å². The van der Waals surface area contributed by atoms with Crippen molar-refractivity contribution in [1.82, 2.24) is 30.7 Å². The zero-order valence-electron chi connectivity index (χ0n) is 23.7. The summed E-state index contributed by atoms with van der Waals surface area (Å²) in [6.07, 6.45) is 2.47. The molecule has 6 rings (SSSR count). The minimum atomic E-state index is -0.675. The summed E-state index contributed by atoms with van der Waals surface area (Å²) in [5.74, 6) is -1.89. The van der Waals surface area contributed by atoms with E-state index in [1.807, 2.05) is 12.1 Å². The molecule has 228 valence electrons. The van der Waals surface area contributed by atoms with E-state index in [0.717, 1.165) is 17.5 Å². The SMILES string of the molecule is CNc1c(NCc2cc(CNC(=O)c3cc(C(=O)N[C@H]4CCc5cc(-c6noc(=O)[nH]6)ccc54)ncn3)ccc2F)c(=O)c1=O. The molecule has 2 heterocycles. The lowest BCUT2D eigenvalue weighted by Gasteiger charge is -2.14. The molecule has 5 aromatic rings. The molecule has 5 N–H and O–H groups in total. The Kier molecular flexibility index (Phi) is 7.73. The number of halogens is 1. The number of hydrogen-bond acceptors (Lipinski definition) is 11. The molecule has 1 aliphatic carbocycles. The van der Waals surface area contributed by atoms with Crippen LogP contribution >= 0.6 is 0 Å². The van der Waals surface area contributed by atoms with Crippen LogP contribution in [0.3, 0.4) is 0 Å². The lowest BCUT2D eigenvalue weighted by Crippen LogP contribution is -2.36. The summed E-state index contributed by atoms with van der Waals surface area (Å²) >= 11 is 0. The van der Waals surface area contributed by atoms with E-state index in [2.05, 4.69) is 45.9 Å². The van der Waals surface area contributed by atoms with E-state index in [4.69, 9.17) is 0 Å². The predicted octanol–water partition coefficient (Wildman–Crippen LogP) is 1.56. The van der Waals surface area contributed by atoms with Crippen molar-refractivity contribution in [2.45, 2.75) is 32.0 Å². The third kappa shape index (κ3) is 5.82. The molecular formula is C30H25FN8O6. The number of benzene rings is 2. The zero-order chi connectivity index (χ0) is 31.7. The summed E-state index contributed by atoms with van der Waals surface area (Å²) < 4.78 is 19.0. The number of carbonyl (C=O) groups is 2. The second kappa shape index (κ2) is 11.9. The molecule has 2 aromatic heterocycles. The van der Waals surface area contributed by atoms with Crippen molar-refractivity contribution in [3.63, 3.8) is 0 Å². The highest BCUT2D eigenvalue weighted by molar-refractivity contribution is 5.97. The predicted molar refractivity (Wildman–Crippen MR) is 159 cm³/mol. The van der Waals surface area contributed by atoms with Crippen molar-refractivity contribution in [2.75, 3.05) is 17.7 Å². The van der Waals surface area contributed by atoms with Crippen LogP contribution in [0.4, 0.5) is 15.8 Å². The minimum absolute atomic E-state index is 0.00908. The summed E-state index contributed by atoms with van der Waals surface area (Å²) in [7, 11) is 1.51. The van der Waals surface area contributed by atoms with Gasteiger partial charge in [-0.05, 0) is 47.7 Å². The molecule has 2 amide bonds. The number of nitrogens with one attached hydrogen (secondary N) is 5. The molecule has 45 heavy (non-hydrogen) atoms. The quantitative estimate of drug-likeness (QED) is 0.143. The molecule has 0 saturated heterocycles. The highest BCUT2D eigenvalue weighted by Crippen LogP contribution is 2.33. The number of aryl methyl sites for hydroxylation is 1. The van der Waals surface area contributed by atoms with Crippen molar-refractivity contribution < 1.29 is 18.5 Å². The fraction of sp³-hybridized carbons (Fsp3) is 0.200. The van der Waals surface area contributed by atoms with Gasteiger partial charge in [0, 0.05) is 37.3 Å². The largest absolute Gasteiger partial charge is 0.439 e. The van der Waals surface area contributed by atoms with Crippen LogP contribution < -0.4 is 37.9 Å². The number of nitrogens with zero attached hydrogens (tertiary/aromatic N) is 3. The number of aromatic amines is 1. The monoisotopic (exact) mass is 612 g/mol. The molecule has 1 atom stereocenters. The summed E-state index contributed by atoms with van der Waals surface area (Å²) in [6, 6.07) is 10.8. The highest BCUT2D eigenvalue weighted by atomic mass is 19.1. The van der Waals surface area contributed by atoms with Crippen LogP contribution in [0.25, 0.3) is 11.4 Å². The Morgan fingerprint density at radius 2 is 1.76 bits per heavy atom. The third-order valence-corrected chi connectivity index (χ3v) is 7.55. The van der Waals surface area contributed by atoms with Gasteiger partial charge in [-0.25, -0.2) is 19.2 Å². The van der Waals surface area contributed by atoms with Crippen molar-refractivity contribution in [3.8, 4) is 11.4 Å². The molecule has 0 spiro atoms. The summed E-state index contributed by atoms with van der Waals surface area (Å²) in [5.41, 5.74) is 2.32. The van der Waals surface area contributed by atoms with Gasteiger partial charge in [0.1, 0.15) is 34.9 Å². The van der Waals surface area contributed by atoms with Crippen LogP contribution in [-0.4, -0.2) is 39.0 Å². The highest BCUT2D eigenvalue weighted by Gasteiger charge is 2.26. The molecule has 0 saturated carbocycles. The minimum Gasteiger partial charge on any atom is -0.383 e. The van der Waals surface area contributed by atoms with Gasteiger partial charge in [0.25, 0.3) is 22.7 Å². The number of carbonyl (C=O) groups excluding carboxylic acids is 2. The second-order valence-corrected chi connectivity index (χ2v) is 10.3. The van der Waals surface area contributed by atoms with Gasteiger partial charge >= 0.3 is 5.76 Å². The fourth-order valence-electron chi connectivity index (χ4n) is 5.24. The van der Waals surface area contributed by atoms with Crippen LogP contribution in [0.5, 0.6) is 0 Å². The maximum absolute atomic E-state index is 14.4. The van der Waals surface area contributed by atoms with E-state index >= 15 is 0 Å². The number of anilines is 2. The Hall–Kier alpha value is -5.99. The van der Waals surface area contributed by atoms with Crippen LogP contribution in [0, 0.1) is 5.82 Å². The van der Waals surface area contributed by atoms with E-state index in [1.54, 1.807) is 6.07 Å². The Balaban J connectivity index is 1.07. The Morgan fingerprint density at radius 1 is 0.978 bits per heavy atom. The number of aromatic nitrogens is 4. The molecule has 3 aromatic carbocycles. The van der Waals surface area contributed by atoms with Crippen molar-refractivity contribution in [3.05, 3.63) is 119 Å². The number of rotatable bonds is 10. The normalized spacial score (nSPS) is 13.8. The lowest BCUT2D eigenvalue weighted by atomic mass is 10.0. The standard InChI is InChI=1S/C30H25FN8O6/c1-32-23-24(26(41)25(23)40)33-12-17-8-14(2-6-19(17)31)11-34-28(42)21-10-22(36-13-35-21)29(43)37-20-7-4-15-9-16(3-5-18(15)20)27-38-30(44)45-39-27/h2-3,5-6,8-10,13,20,32-33H,4,7,11-12H2,1H3,(H,34,42)(H,37,43)(H,38,39,44)/t20-/m0/s1. The van der Waals surface area contributed by atoms with Gasteiger partial charge in [0.15, 0.2) is 5.82 Å². The number of hydrogen-bond donors (Lipinski definition) is 5. The van der Waals surface area contributed by atoms with E-state index in [0.29, 0.717) is 29.8 Å². The first-order valence-corrected chi connectivity index (χ1v) is 13.8. The maximum Gasteiger partial charge on any atom is 0.439 e. The van der Waals surface area contributed by atoms with Crippen molar-refractivity contribution >= 4 is 23.2 Å². The number of H-pyrrole nitrogens is 1. The molecule has 0 radical (unpaired) electrons. The molecule has 0 fully saturated rings. The molecule has 0 aliphatic heterocycles.